The fourth-order valence-electron chi connectivity index (χ4n) is 1.65. The Morgan fingerprint density at radius 2 is 1.04 bits per heavy atom. The fourth-order valence-corrected chi connectivity index (χ4v) is 3.81. The van der Waals surface area contributed by atoms with E-state index in [4.69, 9.17) is 0 Å². The molecule has 0 spiro atoms. The highest BCUT2D eigenvalue weighted by Gasteiger charge is 2.11. The van der Waals surface area contributed by atoms with E-state index in [9.17, 15) is 17.9 Å². The Morgan fingerprint density at radius 3 is 1.39 bits per heavy atom. The lowest BCUT2D eigenvalue weighted by molar-refractivity contribution is 0.596. The molecule has 2 aromatic rings. The number of benzene rings is 2. The lowest BCUT2D eigenvalue weighted by atomic mass is 10.2. The molecule has 0 amide bonds. The van der Waals surface area contributed by atoms with Crippen molar-refractivity contribution < 1.29 is 17.9 Å². The highest BCUT2D eigenvalue weighted by molar-refractivity contribution is 8.10. The summed E-state index contributed by atoms with van der Waals surface area (Å²) >= 11 is -2.81. The summed E-state index contributed by atoms with van der Waals surface area (Å²) in [6, 6.07) is 11.5. The summed E-state index contributed by atoms with van der Waals surface area (Å²) < 4.78 is 49.2. The predicted octanol–water partition coefficient (Wildman–Crippen LogP) is 4.06. The molecule has 6 heteroatoms. The Morgan fingerprint density at radius 1 is 0.696 bits per heavy atom. The molecule has 120 valence electrons. The minimum Gasteiger partial charge on any atom is -0.608 e. The van der Waals surface area contributed by atoms with Crippen LogP contribution in [0.1, 0.15) is 11.1 Å². The van der Waals surface area contributed by atoms with Crippen LogP contribution in [0.15, 0.2) is 59.3 Å². The molecule has 0 saturated heterocycles. The number of hydrogen-bond acceptors (Lipinski definition) is 2. The summed E-state index contributed by atoms with van der Waals surface area (Å²) in [7, 11) is 0. The minimum absolute atomic E-state index is 0.0324. The average Bonchev–Trinajstić information content (AvgIpc) is 2.54. The highest BCUT2D eigenvalue weighted by atomic mass is 32.3. The molecule has 2 aromatic carbocycles. The normalized spacial score (nSPS) is 14.4. The maximum absolute atomic E-state index is 12.8. The first-order valence-electron chi connectivity index (χ1n) is 6.65. The average molecular weight is 352 g/mol. The Bertz CT molecular complexity index is 610. The number of hydrogen-bond donors (Lipinski definition) is 0. The van der Waals surface area contributed by atoms with Crippen LogP contribution in [0.3, 0.4) is 0 Å². The van der Waals surface area contributed by atoms with Gasteiger partial charge in [0.1, 0.15) is 22.5 Å². The van der Waals surface area contributed by atoms with Gasteiger partial charge in [0.05, 0.1) is 0 Å². The Balaban J connectivity index is 1.85. The Labute approximate surface area is 139 Å². The summed E-state index contributed by atoms with van der Waals surface area (Å²) in [6.45, 7) is 0. The predicted molar refractivity (Wildman–Crippen MR) is 92.0 cm³/mol. The van der Waals surface area contributed by atoms with Gasteiger partial charge in [0.15, 0.2) is 0 Å². The maximum Gasteiger partial charge on any atom is 0.262 e. The van der Waals surface area contributed by atoms with Gasteiger partial charge in [-0.1, -0.05) is 24.3 Å². The largest absolute Gasteiger partial charge is 0.608 e. The lowest BCUT2D eigenvalue weighted by Gasteiger charge is -2.07. The molecule has 2 nitrogen and oxygen atoms in total. The van der Waals surface area contributed by atoms with Crippen molar-refractivity contribution in [3.8, 4) is 0 Å². The van der Waals surface area contributed by atoms with Crippen molar-refractivity contribution in [3.63, 3.8) is 0 Å². The van der Waals surface area contributed by atoms with E-state index in [2.05, 4.69) is 0 Å². The van der Waals surface area contributed by atoms with Gasteiger partial charge in [-0.25, -0.2) is 8.78 Å². The lowest BCUT2D eigenvalue weighted by Crippen LogP contribution is -2.11. The molecule has 0 saturated carbocycles. The van der Waals surface area contributed by atoms with Gasteiger partial charge >= 0.3 is 0 Å². The second kappa shape index (κ2) is 8.88. The SMILES string of the molecule is [O-][S+](C=Cc1ccc(F)cc1)C[S+]([O-])/C=C\c1ccc(F)cc1. The van der Waals surface area contributed by atoms with Crippen molar-refractivity contribution in [2.45, 2.75) is 0 Å². The molecule has 2 atom stereocenters. The van der Waals surface area contributed by atoms with E-state index in [-0.39, 0.29) is 16.7 Å². The Kier molecular flexibility index (Phi) is 6.85. The molecular weight excluding hydrogens is 338 g/mol. The minimum atomic E-state index is -1.40. The third-order valence-electron chi connectivity index (χ3n) is 2.80. The number of rotatable bonds is 6. The van der Waals surface area contributed by atoms with Gasteiger partial charge in [0.25, 0.3) is 5.08 Å². The standard InChI is InChI=1S/C17H14F2O2S2/c18-16-5-1-14(2-6-16)9-11-22(20)13-23(21)12-10-15-3-7-17(19)8-4-15/h1-12H,13H2/b11-9-,12-10?. The summed E-state index contributed by atoms with van der Waals surface area (Å²) in [5, 5.41) is 2.82. The monoisotopic (exact) mass is 352 g/mol. The molecule has 0 fully saturated rings. The third kappa shape index (κ3) is 6.58. The smallest absolute Gasteiger partial charge is 0.262 e. The van der Waals surface area contributed by atoms with Crippen molar-refractivity contribution in [3.05, 3.63) is 82.1 Å². The summed E-state index contributed by atoms with van der Waals surface area (Å²) in [4.78, 5) is 0. The van der Waals surface area contributed by atoms with E-state index in [0.717, 1.165) is 0 Å². The molecule has 0 N–H and O–H groups in total. The molecule has 2 unspecified atom stereocenters. The molecular formula is C17H14F2O2S2. The first-order valence-corrected chi connectivity index (χ1v) is 9.41. The zero-order valence-electron chi connectivity index (χ0n) is 12.0. The first-order chi connectivity index (χ1) is 11.0. The van der Waals surface area contributed by atoms with Crippen LogP contribution in [0.2, 0.25) is 0 Å². The van der Waals surface area contributed by atoms with E-state index in [0.29, 0.717) is 11.1 Å². The fraction of sp³-hybridized carbons (Fsp3) is 0.0588. The zero-order chi connectivity index (χ0) is 16.7. The molecule has 0 heterocycles. The third-order valence-corrected chi connectivity index (χ3v) is 5.53. The van der Waals surface area contributed by atoms with Crippen LogP contribution >= 0.6 is 0 Å². The van der Waals surface area contributed by atoms with Gasteiger partial charge in [-0.3, -0.25) is 0 Å². The van der Waals surface area contributed by atoms with Crippen LogP contribution in [0.25, 0.3) is 12.2 Å². The van der Waals surface area contributed by atoms with E-state index < -0.39 is 22.4 Å². The molecule has 0 radical (unpaired) electrons. The van der Waals surface area contributed by atoms with Crippen LogP contribution in [-0.2, 0) is 22.4 Å². The molecule has 0 aliphatic carbocycles. The first kappa shape index (κ1) is 17.7. The number of halogens is 2. The zero-order valence-corrected chi connectivity index (χ0v) is 13.7. The highest BCUT2D eigenvalue weighted by Crippen LogP contribution is 2.10. The van der Waals surface area contributed by atoms with Gasteiger partial charge in [0, 0.05) is 22.4 Å². The van der Waals surface area contributed by atoms with Crippen LogP contribution in [0.4, 0.5) is 8.78 Å². The van der Waals surface area contributed by atoms with Crippen LogP contribution in [0, 0.1) is 11.6 Å². The molecule has 0 aromatic heterocycles. The molecule has 23 heavy (non-hydrogen) atoms. The van der Waals surface area contributed by atoms with Crippen molar-refractivity contribution >= 4 is 34.5 Å². The second-order valence-electron chi connectivity index (χ2n) is 4.59. The van der Waals surface area contributed by atoms with Crippen molar-refractivity contribution in [1.29, 1.82) is 0 Å². The van der Waals surface area contributed by atoms with E-state index in [1.165, 1.54) is 35.1 Å². The van der Waals surface area contributed by atoms with Gasteiger partial charge in [0.2, 0.25) is 0 Å². The van der Waals surface area contributed by atoms with Crippen LogP contribution in [0.5, 0.6) is 0 Å². The van der Waals surface area contributed by atoms with E-state index in [1.807, 2.05) is 0 Å². The van der Waals surface area contributed by atoms with Crippen molar-refractivity contribution in [2.75, 3.05) is 5.08 Å². The summed E-state index contributed by atoms with van der Waals surface area (Å²) in [6.07, 6.45) is 3.19. The molecule has 0 aliphatic heterocycles. The molecule has 2 rings (SSSR count). The van der Waals surface area contributed by atoms with Gasteiger partial charge in [-0.2, -0.15) is 0 Å². The van der Waals surface area contributed by atoms with Crippen LogP contribution in [-0.4, -0.2) is 14.2 Å². The van der Waals surface area contributed by atoms with Crippen LogP contribution < -0.4 is 0 Å². The summed E-state index contributed by atoms with van der Waals surface area (Å²) in [5.41, 5.74) is 1.43. The Hall–Kier alpha value is -1.60. The molecule has 0 bridgehead atoms. The second-order valence-corrected chi connectivity index (χ2v) is 7.60. The quantitative estimate of drug-likeness (QED) is 0.736. The van der Waals surface area contributed by atoms with Gasteiger partial charge < -0.3 is 9.11 Å². The summed E-state index contributed by atoms with van der Waals surface area (Å²) in [5.74, 6) is -0.675. The van der Waals surface area contributed by atoms with Crippen molar-refractivity contribution in [1.82, 2.24) is 0 Å². The van der Waals surface area contributed by atoms with E-state index in [1.54, 1.807) is 36.4 Å². The molecule has 0 aliphatic rings. The van der Waals surface area contributed by atoms with Crippen molar-refractivity contribution in [2.24, 2.45) is 0 Å². The topological polar surface area (TPSA) is 46.1 Å². The van der Waals surface area contributed by atoms with Gasteiger partial charge in [-0.05, 0) is 47.5 Å². The van der Waals surface area contributed by atoms with E-state index >= 15 is 0 Å². The maximum atomic E-state index is 12.8. The van der Waals surface area contributed by atoms with Gasteiger partial charge in [-0.15, -0.1) is 0 Å².